The van der Waals surface area contributed by atoms with Crippen LogP contribution in [0.25, 0.3) is 11.1 Å². The number of aryl methyl sites for hydroxylation is 3. The molecule has 1 heterocycles. The van der Waals surface area contributed by atoms with Gasteiger partial charge in [-0.3, -0.25) is 0 Å². The summed E-state index contributed by atoms with van der Waals surface area (Å²) in [6, 6.07) is 3.40. The van der Waals surface area contributed by atoms with Crippen LogP contribution in [0.3, 0.4) is 0 Å². The minimum Gasteiger partial charge on any atom is -0.465 e. The second-order valence-electron chi connectivity index (χ2n) is 4.55. The van der Waals surface area contributed by atoms with Crippen LogP contribution in [0.5, 0.6) is 0 Å². The Labute approximate surface area is 115 Å². The maximum Gasteiger partial charge on any atom is 0.348 e. The molecule has 0 bridgehead atoms. The summed E-state index contributed by atoms with van der Waals surface area (Å²) >= 11 is 1.28. The van der Waals surface area contributed by atoms with Crippen molar-refractivity contribution in [1.29, 1.82) is 0 Å². The Morgan fingerprint density at radius 1 is 1.16 bits per heavy atom. The Balaban J connectivity index is 2.72. The van der Waals surface area contributed by atoms with Gasteiger partial charge >= 0.3 is 5.97 Å². The van der Waals surface area contributed by atoms with E-state index in [1.165, 1.54) is 24.5 Å². The third-order valence-electron chi connectivity index (χ3n) is 3.03. The van der Waals surface area contributed by atoms with E-state index in [-0.39, 0.29) is 5.82 Å². The number of rotatable bonds is 2. The van der Waals surface area contributed by atoms with Crippen LogP contribution < -0.4 is 0 Å². The second-order valence-corrected chi connectivity index (χ2v) is 5.43. The molecule has 100 valence electrons. The van der Waals surface area contributed by atoms with Gasteiger partial charge in [0, 0.05) is 11.1 Å². The van der Waals surface area contributed by atoms with Crippen LogP contribution in [-0.4, -0.2) is 13.1 Å². The average molecular weight is 278 g/mol. The van der Waals surface area contributed by atoms with Gasteiger partial charge in [0.1, 0.15) is 10.7 Å². The van der Waals surface area contributed by atoms with Crippen LogP contribution in [0.4, 0.5) is 4.39 Å². The summed E-state index contributed by atoms with van der Waals surface area (Å²) in [5.41, 5.74) is 3.71. The number of carbonyl (C=O) groups excluding carboxylic acids is 1. The van der Waals surface area contributed by atoms with Crippen molar-refractivity contribution in [3.63, 3.8) is 0 Å². The Bertz CT molecular complexity index is 621. The first kappa shape index (κ1) is 13.7. The largest absolute Gasteiger partial charge is 0.465 e. The van der Waals surface area contributed by atoms with Crippen molar-refractivity contribution in [1.82, 2.24) is 0 Å². The third kappa shape index (κ3) is 2.40. The molecule has 0 saturated heterocycles. The molecule has 0 aliphatic carbocycles. The molecule has 0 spiro atoms. The molecule has 1 aromatic carbocycles. The fourth-order valence-electron chi connectivity index (χ4n) is 2.23. The first-order chi connectivity index (χ1) is 8.95. The fourth-order valence-corrected chi connectivity index (χ4v) is 3.20. The Kier molecular flexibility index (Phi) is 3.71. The highest BCUT2D eigenvalue weighted by molar-refractivity contribution is 7.12. The first-order valence-corrected chi connectivity index (χ1v) is 6.77. The minimum atomic E-state index is -0.424. The van der Waals surface area contributed by atoms with Crippen LogP contribution in [0.2, 0.25) is 0 Å². The molecular weight excluding hydrogens is 263 g/mol. The molecule has 19 heavy (non-hydrogen) atoms. The Morgan fingerprint density at radius 2 is 1.84 bits per heavy atom. The van der Waals surface area contributed by atoms with Gasteiger partial charge in [-0.2, -0.15) is 0 Å². The van der Waals surface area contributed by atoms with Crippen LogP contribution in [0, 0.1) is 26.6 Å². The standard InChI is InChI=1S/C15H15FO2S/c1-8-5-9(2)12(11(16)6-8)13-10(3)7-19-14(13)15(17)18-4/h5-7H,1-4H3. The smallest absolute Gasteiger partial charge is 0.348 e. The van der Waals surface area contributed by atoms with E-state index >= 15 is 0 Å². The van der Waals surface area contributed by atoms with Gasteiger partial charge in [0.25, 0.3) is 0 Å². The van der Waals surface area contributed by atoms with E-state index < -0.39 is 5.97 Å². The third-order valence-corrected chi connectivity index (χ3v) is 4.11. The lowest BCUT2D eigenvalue weighted by Crippen LogP contribution is -2.02. The van der Waals surface area contributed by atoms with Gasteiger partial charge in [0.05, 0.1) is 7.11 Å². The van der Waals surface area contributed by atoms with E-state index in [0.717, 1.165) is 16.7 Å². The quantitative estimate of drug-likeness (QED) is 0.767. The molecule has 0 aliphatic heterocycles. The molecular formula is C15H15FO2S. The van der Waals surface area contributed by atoms with E-state index in [1.54, 1.807) is 0 Å². The van der Waals surface area contributed by atoms with Crippen LogP contribution >= 0.6 is 11.3 Å². The molecule has 2 aromatic rings. The normalized spacial score (nSPS) is 10.6. The molecule has 0 saturated carbocycles. The van der Waals surface area contributed by atoms with Crippen LogP contribution in [0.1, 0.15) is 26.4 Å². The van der Waals surface area contributed by atoms with E-state index in [2.05, 4.69) is 0 Å². The number of methoxy groups -OCH3 is 1. The zero-order valence-electron chi connectivity index (χ0n) is 11.3. The highest BCUT2D eigenvalue weighted by atomic mass is 32.1. The van der Waals surface area contributed by atoms with E-state index in [1.807, 2.05) is 32.2 Å². The summed E-state index contributed by atoms with van der Waals surface area (Å²) in [7, 11) is 1.33. The molecule has 0 radical (unpaired) electrons. The van der Waals surface area contributed by atoms with Gasteiger partial charge in [-0.25, -0.2) is 9.18 Å². The van der Waals surface area contributed by atoms with Crippen molar-refractivity contribution in [2.45, 2.75) is 20.8 Å². The molecule has 0 fully saturated rings. The van der Waals surface area contributed by atoms with Gasteiger partial charge in [0.2, 0.25) is 0 Å². The predicted molar refractivity (Wildman–Crippen MR) is 75.3 cm³/mol. The van der Waals surface area contributed by atoms with Crippen molar-refractivity contribution < 1.29 is 13.9 Å². The summed E-state index contributed by atoms with van der Waals surface area (Å²) in [5, 5.41) is 1.85. The molecule has 0 amide bonds. The molecule has 0 unspecified atom stereocenters. The number of hydrogen-bond acceptors (Lipinski definition) is 3. The summed E-state index contributed by atoms with van der Waals surface area (Å²) in [6.45, 7) is 5.57. The van der Waals surface area contributed by atoms with E-state index in [0.29, 0.717) is 16.0 Å². The van der Waals surface area contributed by atoms with Crippen molar-refractivity contribution in [3.8, 4) is 11.1 Å². The molecule has 4 heteroatoms. The van der Waals surface area contributed by atoms with Crippen molar-refractivity contribution in [3.05, 3.63) is 44.9 Å². The topological polar surface area (TPSA) is 26.3 Å². The zero-order chi connectivity index (χ0) is 14.2. The lowest BCUT2D eigenvalue weighted by Gasteiger charge is -2.11. The number of esters is 1. The Morgan fingerprint density at radius 3 is 2.42 bits per heavy atom. The second kappa shape index (κ2) is 5.13. The molecule has 2 nitrogen and oxygen atoms in total. The van der Waals surface area contributed by atoms with Crippen LogP contribution in [-0.2, 0) is 4.74 Å². The molecule has 2 rings (SSSR count). The van der Waals surface area contributed by atoms with Crippen molar-refractivity contribution in [2.24, 2.45) is 0 Å². The predicted octanol–water partition coefficient (Wildman–Crippen LogP) is 4.27. The number of carbonyl (C=O) groups is 1. The summed E-state index contributed by atoms with van der Waals surface area (Å²) in [4.78, 5) is 12.2. The monoisotopic (exact) mass is 278 g/mol. The maximum atomic E-state index is 14.3. The molecule has 0 N–H and O–H groups in total. The lowest BCUT2D eigenvalue weighted by molar-refractivity contribution is 0.0607. The highest BCUT2D eigenvalue weighted by Crippen LogP contribution is 2.37. The van der Waals surface area contributed by atoms with Gasteiger partial charge in [-0.05, 0) is 48.9 Å². The Hall–Kier alpha value is -1.68. The number of ether oxygens (including phenoxy) is 1. The number of halogens is 1. The first-order valence-electron chi connectivity index (χ1n) is 5.89. The lowest BCUT2D eigenvalue weighted by atomic mass is 9.96. The van der Waals surface area contributed by atoms with Gasteiger partial charge in [-0.1, -0.05) is 6.07 Å². The average Bonchev–Trinajstić information content (AvgIpc) is 2.70. The summed E-state index contributed by atoms with van der Waals surface area (Å²) in [6.07, 6.45) is 0. The van der Waals surface area contributed by atoms with Crippen molar-refractivity contribution in [2.75, 3.05) is 7.11 Å². The SMILES string of the molecule is COC(=O)c1scc(C)c1-c1c(C)cc(C)cc1F. The van der Waals surface area contributed by atoms with Gasteiger partial charge in [0.15, 0.2) is 0 Å². The summed E-state index contributed by atoms with van der Waals surface area (Å²) < 4.78 is 19.0. The van der Waals surface area contributed by atoms with Gasteiger partial charge in [-0.15, -0.1) is 11.3 Å². The van der Waals surface area contributed by atoms with Crippen molar-refractivity contribution >= 4 is 17.3 Å². The van der Waals surface area contributed by atoms with Gasteiger partial charge < -0.3 is 4.74 Å². The number of hydrogen-bond donors (Lipinski definition) is 0. The fraction of sp³-hybridized carbons (Fsp3) is 0.267. The van der Waals surface area contributed by atoms with E-state index in [9.17, 15) is 9.18 Å². The zero-order valence-corrected chi connectivity index (χ0v) is 12.2. The molecule has 0 atom stereocenters. The minimum absolute atomic E-state index is 0.302. The number of thiophene rings is 1. The molecule has 0 aliphatic rings. The van der Waals surface area contributed by atoms with E-state index in [4.69, 9.17) is 4.74 Å². The molecule has 1 aromatic heterocycles. The number of benzene rings is 1. The highest BCUT2D eigenvalue weighted by Gasteiger charge is 2.22. The maximum absolute atomic E-state index is 14.3. The summed E-state index contributed by atoms with van der Waals surface area (Å²) in [5.74, 6) is -0.725. The van der Waals surface area contributed by atoms with Crippen LogP contribution in [0.15, 0.2) is 17.5 Å².